The van der Waals surface area contributed by atoms with Crippen LogP contribution < -0.4 is 4.74 Å². The highest BCUT2D eigenvalue weighted by Crippen LogP contribution is 2.26. The van der Waals surface area contributed by atoms with Gasteiger partial charge >= 0.3 is 0 Å². The minimum Gasteiger partial charge on any atom is -0.497 e. The predicted octanol–water partition coefficient (Wildman–Crippen LogP) is 2.11. The maximum absolute atomic E-state index is 5.26. The lowest BCUT2D eigenvalue weighted by atomic mass is 9.87. The van der Waals surface area contributed by atoms with Crippen LogP contribution in [0.5, 0.6) is 5.75 Å². The van der Waals surface area contributed by atoms with Crippen LogP contribution >= 0.6 is 0 Å². The molecule has 0 aromatic heterocycles. The molecule has 1 aromatic carbocycles. The molecule has 0 aliphatic heterocycles. The van der Waals surface area contributed by atoms with Gasteiger partial charge in [-0.3, -0.25) is 0 Å². The molecule has 0 bridgehead atoms. The lowest BCUT2D eigenvalue weighted by Crippen LogP contribution is -2.33. The minimum atomic E-state index is 0.685. The van der Waals surface area contributed by atoms with Gasteiger partial charge in [-0.2, -0.15) is 0 Å². The van der Waals surface area contributed by atoms with E-state index in [4.69, 9.17) is 4.74 Å². The Labute approximate surface area is 91.9 Å². The number of ether oxygens (including phenoxy) is 1. The summed E-state index contributed by atoms with van der Waals surface area (Å²) in [6, 6.07) is 7.14. The van der Waals surface area contributed by atoms with E-state index in [0.717, 1.165) is 12.2 Å². The van der Waals surface area contributed by atoms with E-state index in [-0.39, 0.29) is 0 Å². The number of aryl methyl sites for hydroxylation is 1. The molecular weight excluding hydrogens is 186 g/mol. The Morgan fingerprint density at radius 1 is 1.27 bits per heavy atom. The zero-order valence-corrected chi connectivity index (χ0v) is 9.79. The molecule has 0 spiro atoms. The summed E-state index contributed by atoms with van der Waals surface area (Å²) in [5.41, 5.74) is 2.95. The van der Waals surface area contributed by atoms with E-state index in [1.54, 1.807) is 7.11 Å². The van der Waals surface area contributed by atoms with Gasteiger partial charge in [-0.25, -0.2) is 0 Å². The standard InChI is InChI=1S/C13H19NO/c1-14(2)12-6-4-10-5-7-13(15-3)9-11(10)8-12/h5,7,9,12H,4,6,8H2,1-3H3/t12-/m0/s1. The molecule has 1 aliphatic rings. The molecule has 1 aromatic rings. The summed E-state index contributed by atoms with van der Waals surface area (Å²) in [4.78, 5) is 2.32. The molecule has 0 amide bonds. The smallest absolute Gasteiger partial charge is 0.119 e. The van der Waals surface area contributed by atoms with Crippen molar-refractivity contribution in [1.29, 1.82) is 0 Å². The minimum absolute atomic E-state index is 0.685. The molecular formula is C13H19NO. The zero-order valence-electron chi connectivity index (χ0n) is 9.79. The average molecular weight is 205 g/mol. The van der Waals surface area contributed by atoms with Crippen LogP contribution in [0.1, 0.15) is 17.5 Å². The van der Waals surface area contributed by atoms with Gasteiger partial charge in [0, 0.05) is 6.04 Å². The molecule has 0 unspecified atom stereocenters. The number of benzene rings is 1. The van der Waals surface area contributed by atoms with Crippen LogP contribution in [0.3, 0.4) is 0 Å². The Bertz CT molecular complexity index is 346. The number of rotatable bonds is 2. The number of nitrogens with zero attached hydrogens (tertiary/aromatic N) is 1. The summed E-state index contributed by atoms with van der Waals surface area (Å²) in [6.07, 6.45) is 3.62. The van der Waals surface area contributed by atoms with Crippen molar-refractivity contribution in [2.45, 2.75) is 25.3 Å². The topological polar surface area (TPSA) is 12.5 Å². The quantitative estimate of drug-likeness (QED) is 0.733. The van der Waals surface area contributed by atoms with Crippen LogP contribution in [0.15, 0.2) is 18.2 Å². The first-order valence-corrected chi connectivity index (χ1v) is 5.53. The summed E-state index contributed by atoms with van der Waals surface area (Å²) >= 11 is 0. The third kappa shape index (κ3) is 2.15. The Morgan fingerprint density at radius 3 is 2.73 bits per heavy atom. The van der Waals surface area contributed by atoms with Gasteiger partial charge in [-0.05, 0) is 56.6 Å². The number of hydrogen-bond acceptors (Lipinski definition) is 2. The van der Waals surface area contributed by atoms with Crippen molar-refractivity contribution in [1.82, 2.24) is 4.90 Å². The lowest BCUT2D eigenvalue weighted by molar-refractivity contribution is 0.267. The number of likely N-dealkylation sites (N-methyl/N-ethyl adjacent to an activating group) is 1. The van der Waals surface area contributed by atoms with Gasteiger partial charge in [0.15, 0.2) is 0 Å². The summed E-state index contributed by atoms with van der Waals surface area (Å²) in [5.74, 6) is 0.980. The third-order valence-corrected chi connectivity index (χ3v) is 3.35. The van der Waals surface area contributed by atoms with Gasteiger partial charge in [0.05, 0.1) is 7.11 Å². The molecule has 0 fully saturated rings. The van der Waals surface area contributed by atoms with Crippen molar-refractivity contribution >= 4 is 0 Å². The number of hydrogen-bond donors (Lipinski definition) is 0. The van der Waals surface area contributed by atoms with E-state index >= 15 is 0 Å². The summed E-state index contributed by atoms with van der Waals surface area (Å²) in [7, 11) is 6.06. The van der Waals surface area contributed by atoms with Crippen molar-refractivity contribution in [3.05, 3.63) is 29.3 Å². The van der Waals surface area contributed by atoms with Gasteiger partial charge in [0.2, 0.25) is 0 Å². The average Bonchev–Trinajstić information content (AvgIpc) is 2.27. The highest BCUT2D eigenvalue weighted by Gasteiger charge is 2.20. The molecule has 0 radical (unpaired) electrons. The van der Waals surface area contributed by atoms with Crippen LogP contribution in [0.25, 0.3) is 0 Å². The van der Waals surface area contributed by atoms with E-state index in [2.05, 4.69) is 37.2 Å². The van der Waals surface area contributed by atoms with Crippen molar-refractivity contribution in [3.63, 3.8) is 0 Å². The Balaban J connectivity index is 2.23. The molecule has 0 saturated carbocycles. The highest BCUT2D eigenvalue weighted by molar-refractivity contribution is 5.37. The van der Waals surface area contributed by atoms with E-state index in [0.29, 0.717) is 6.04 Å². The predicted molar refractivity (Wildman–Crippen MR) is 62.5 cm³/mol. The van der Waals surface area contributed by atoms with Gasteiger partial charge in [0.25, 0.3) is 0 Å². The van der Waals surface area contributed by atoms with Crippen molar-refractivity contribution < 1.29 is 4.74 Å². The summed E-state index contributed by atoms with van der Waals surface area (Å²) < 4.78 is 5.26. The normalized spacial score (nSPS) is 20.1. The maximum Gasteiger partial charge on any atom is 0.119 e. The number of fused-ring (bicyclic) bond motifs is 1. The third-order valence-electron chi connectivity index (χ3n) is 3.35. The first kappa shape index (κ1) is 10.5. The van der Waals surface area contributed by atoms with Crippen LogP contribution in [-0.2, 0) is 12.8 Å². The second-order valence-corrected chi connectivity index (χ2v) is 4.49. The molecule has 0 saturated heterocycles. The molecule has 15 heavy (non-hydrogen) atoms. The largest absolute Gasteiger partial charge is 0.497 e. The fourth-order valence-corrected chi connectivity index (χ4v) is 2.28. The zero-order chi connectivity index (χ0) is 10.8. The molecule has 2 heteroatoms. The highest BCUT2D eigenvalue weighted by atomic mass is 16.5. The lowest BCUT2D eigenvalue weighted by Gasteiger charge is -2.30. The van der Waals surface area contributed by atoms with E-state index < -0.39 is 0 Å². The second kappa shape index (κ2) is 4.23. The SMILES string of the molecule is COc1ccc2c(c1)C[C@@H](N(C)C)CC2. The van der Waals surface area contributed by atoms with Gasteiger partial charge in [-0.15, -0.1) is 0 Å². The second-order valence-electron chi connectivity index (χ2n) is 4.49. The summed E-state index contributed by atoms with van der Waals surface area (Å²) in [5, 5.41) is 0. The van der Waals surface area contributed by atoms with Crippen molar-refractivity contribution in [3.8, 4) is 5.75 Å². The van der Waals surface area contributed by atoms with Crippen LogP contribution in [0.2, 0.25) is 0 Å². The molecule has 2 nitrogen and oxygen atoms in total. The monoisotopic (exact) mass is 205 g/mol. The van der Waals surface area contributed by atoms with Crippen molar-refractivity contribution in [2.24, 2.45) is 0 Å². The van der Waals surface area contributed by atoms with Crippen molar-refractivity contribution in [2.75, 3.05) is 21.2 Å². The summed E-state index contributed by atoms with van der Waals surface area (Å²) in [6.45, 7) is 0. The fraction of sp³-hybridized carbons (Fsp3) is 0.538. The first-order chi connectivity index (χ1) is 7.20. The fourth-order valence-electron chi connectivity index (χ4n) is 2.28. The van der Waals surface area contributed by atoms with Gasteiger partial charge in [0.1, 0.15) is 5.75 Å². The van der Waals surface area contributed by atoms with Crippen LogP contribution in [-0.4, -0.2) is 32.1 Å². The molecule has 1 aliphatic carbocycles. The Hall–Kier alpha value is -1.02. The first-order valence-electron chi connectivity index (χ1n) is 5.53. The van der Waals surface area contributed by atoms with E-state index in [1.165, 1.54) is 24.0 Å². The molecule has 82 valence electrons. The van der Waals surface area contributed by atoms with Gasteiger partial charge in [-0.1, -0.05) is 6.07 Å². The van der Waals surface area contributed by atoms with Crippen LogP contribution in [0, 0.1) is 0 Å². The van der Waals surface area contributed by atoms with Gasteiger partial charge < -0.3 is 9.64 Å². The molecule has 0 N–H and O–H groups in total. The molecule has 1 atom stereocenters. The Morgan fingerprint density at radius 2 is 2.07 bits per heavy atom. The molecule has 0 heterocycles. The Kier molecular flexibility index (Phi) is 2.96. The maximum atomic E-state index is 5.26. The van der Waals surface area contributed by atoms with E-state index in [9.17, 15) is 0 Å². The molecule has 2 rings (SSSR count). The van der Waals surface area contributed by atoms with E-state index in [1.807, 2.05) is 0 Å². The number of methoxy groups -OCH3 is 1. The van der Waals surface area contributed by atoms with Crippen LogP contribution in [0.4, 0.5) is 0 Å².